The fraction of sp³-hybridized carbons (Fsp3) is 0.238. The van der Waals surface area contributed by atoms with Crippen LogP contribution in [0.25, 0.3) is 12.2 Å². The molecule has 2 heterocycles. The number of ketones is 2. The van der Waals surface area contributed by atoms with E-state index in [4.69, 9.17) is 0 Å². The highest BCUT2D eigenvalue weighted by Gasteiger charge is 2.25. The summed E-state index contributed by atoms with van der Waals surface area (Å²) in [6.07, 6.45) is 3.52. The first kappa shape index (κ1) is 20.7. The lowest BCUT2D eigenvalue weighted by Gasteiger charge is -2.07. The molecule has 0 amide bonds. The molecule has 0 radical (unpaired) electrons. The van der Waals surface area contributed by atoms with Gasteiger partial charge in [0.15, 0.2) is 11.6 Å². The first-order chi connectivity index (χ1) is 13.8. The largest absolute Gasteiger partial charge is 0.355 e. The van der Waals surface area contributed by atoms with E-state index in [1.807, 2.05) is 0 Å². The van der Waals surface area contributed by atoms with E-state index in [-0.39, 0.29) is 17.4 Å². The molecular weight excluding hydrogens is 391 g/mol. The summed E-state index contributed by atoms with van der Waals surface area (Å²) in [6.45, 7) is 6.83. The van der Waals surface area contributed by atoms with Crippen molar-refractivity contribution >= 4 is 35.5 Å². The lowest BCUT2D eigenvalue weighted by atomic mass is 10.0. The van der Waals surface area contributed by atoms with Gasteiger partial charge in [0.25, 0.3) is 0 Å². The number of aromatic amines is 2. The van der Waals surface area contributed by atoms with Crippen molar-refractivity contribution in [1.82, 2.24) is 20.2 Å². The molecule has 3 rings (SSSR count). The van der Waals surface area contributed by atoms with Gasteiger partial charge in [0.1, 0.15) is 11.6 Å². The molecule has 2 aromatic heterocycles. The zero-order chi connectivity index (χ0) is 21.1. The number of halogens is 1. The van der Waals surface area contributed by atoms with Crippen molar-refractivity contribution in [2.75, 3.05) is 0 Å². The van der Waals surface area contributed by atoms with Gasteiger partial charge in [0, 0.05) is 11.3 Å². The molecule has 3 aromatic rings. The fourth-order valence-corrected chi connectivity index (χ4v) is 3.86. The predicted octanol–water partition coefficient (Wildman–Crippen LogP) is 4.63. The Morgan fingerprint density at radius 2 is 1.86 bits per heavy atom. The molecular formula is C21H21FN4O2S. The monoisotopic (exact) mass is 412 g/mol. The molecule has 0 aliphatic carbocycles. The second-order valence-corrected chi connectivity index (χ2v) is 8.00. The number of hydrogen-bond acceptors (Lipinski definition) is 5. The first-order valence-corrected chi connectivity index (χ1v) is 9.91. The number of H-pyrrole nitrogens is 2. The van der Waals surface area contributed by atoms with Gasteiger partial charge in [-0.25, -0.2) is 9.37 Å². The van der Waals surface area contributed by atoms with Gasteiger partial charge in [-0.2, -0.15) is 0 Å². The maximum absolute atomic E-state index is 12.9. The van der Waals surface area contributed by atoms with Crippen LogP contribution in [-0.2, 0) is 0 Å². The Bertz CT molecular complexity index is 1080. The second-order valence-electron chi connectivity index (χ2n) is 6.69. The third-order valence-electron chi connectivity index (χ3n) is 4.47. The number of aryl methyl sites for hydroxylation is 1. The van der Waals surface area contributed by atoms with Crippen molar-refractivity contribution in [1.29, 1.82) is 0 Å². The van der Waals surface area contributed by atoms with Gasteiger partial charge >= 0.3 is 0 Å². The number of thioether (sulfide) groups is 1. The van der Waals surface area contributed by atoms with Crippen LogP contribution < -0.4 is 0 Å². The Morgan fingerprint density at radius 3 is 2.48 bits per heavy atom. The normalized spacial score (nSPS) is 12.4. The summed E-state index contributed by atoms with van der Waals surface area (Å²) in [5, 5.41) is 6.94. The van der Waals surface area contributed by atoms with Crippen molar-refractivity contribution in [2.45, 2.75) is 38.1 Å². The molecule has 1 aromatic carbocycles. The maximum Gasteiger partial charge on any atom is 0.209 e. The Morgan fingerprint density at radius 1 is 1.17 bits per heavy atom. The molecule has 1 atom stereocenters. The van der Waals surface area contributed by atoms with Crippen LogP contribution >= 0.6 is 11.8 Å². The summed E-state index contributed by atoms with van der Waals surface area (Å²) in [7, 11) is 0. The van der Waals surface area contributed by atoms with E-state index >= 15 is 0 Å². The number of Topliss-reactive ketones (excluding diaryl/α,β-unsaturated/α-hetero) is 2. The molecule has 0 fully saturated rings. The van der Waals surface area contributed by atoms with Crippen LogP contribution in [0.15, 0.2) is 29.4 Å². The SMILES string of the molecule is CC(=O)c1c(C)[nH]c(C(=O)C(C)Sc2n[nH]c(C=Cc3ccc(F)cc3)n2)c1C. The van der Waals surface area contributed by atoms with Crippen molar-refractivity contribution in [3.8, 4) is 0 Å². The van der Waals surface area contributed by atoms with Crippen molar-refractivity contribution < 1.29 is 14.0 Å². The number of hydrogen-bond donors (Lipinski definition) is 2. The highest BCUT2D eigenvalue weighted by molar-refractivity contribution is 8.00. The molecule has 1 unspecified atom stereocenters. The minimum absolute atomic E-state index is 0.0674. The van der Waals surface area contributed by atoms with Crippen LogP contribution in [0.3, 0.4) is 0 Å². The van der Waals surface area contributed by atoms with Crippen LogP contribution in [0.1, 0.15) is 57.3 Å². The Hall–Kier alpha value is -3.00. The van der Waals surface area contributed by atoms with E-state index in [0.717, 1.165) is 5.56 Å². The highest BCUT2D eigenvalue weighted by Crippen LogP contribution is 2.26. The van der Waals surface area contributed by atoms with Gasteiger partial charge < -0.3 is 4.98 Å². The summed E-state index contributed by atoms with van der Waals surface area (Å²) in [5.41, 5.74) is 3.21. The predicted molar refractivity (Wildman–Crippen MR) is 112 cm³/mol. The highest BCUT2D eigenvalue weighted by atomic mass is 32.2. The standard InChI is InChI=1S/C21H21FN4O2S/c1-11-18(13(3)27)12(2)23-19(11)20(28)14(4)29-21-24-17(25-26-21)10-7-15-5-8-16(22)9-6-15/h5-10,14,23H,1-4H3,(H,24,25,26). The van der Waals surface area contributed by atoms with Gasteiger partial charge in [-0.3, -0.25) is 14.7 Å². The number of benzene rings is 1. The van der Waals surface area contributed by atoms with E-state index in [0.29, 0.717) is 33.5 Å². The number of carbonyl (C=O) groups is 2. The van der Waals surface area contributed by atoms with Crippen LogP contribution in [0.4, 0.5) is 4.39 Å². The number of nitrogens with one attached hydrogen (secondary N) is 2. The Balaban J connectivity index is 1.69. The molecule has 0 bridgehead atoms. The molecule has 6 nitrogen and oxygen atoms in total. The quantitative estimate of drug-likeness (QED) is 0.436. The fourth-order valence-electron chi connectivity index (χ4n) is 3.07. The molecule has 29 heavy (non-hydrogen) atoms. The van der Waals surface area contributed by atoms with Crippen LogP contribution in [0, 0.1) is 19.7 Å². The third kappa shape index (κ3) is 4.71. The molecule has 0 saturated heterocycles. The van der Waals surface area contributed by atoms with Crippen molar-refractivity contribution in [3.05, 3.63) is 64.0 Å². The summed E-state index contributed by atoms with van der Waals surface area (Å²) in [4.78, 5) is 32.0. The van der Waals surface area contributed by atoms with Crippen LogP contribution in [0.5, 0.6) is 0 Å². The van der Waals surface area contributed by atoms with E-state index in [1.165, 1.54) is 30.8 Å². The zero-order valence-corrected chi connectivity index (χ0v) is 17.4. The first-order valence-electron chi connectivity index (χ1n) is 9.03. The number of aromatic nitrogens is 4. The van der Waals surface area contributed by atoms with E-state index in [1.54, 1.807) is 45.1 Å². The van der Waals surface area contributed by atoms with E-state index < -0.39 is 5.25 Å². The minimum Gasteiger partial charge on any atom is -0.355 e. The topological polar surface area (TPSA) is 91.5 Å². The number of carbonyl (C=O) groups excluding carboxylic acids is 2. The molecule has 150 valence electrons. The molecule has 0 aliphatic heterocycles. The number of nitrogens with zero attached hydrogens (tertiary/aromatic N) is 2. The van der Waals surface area contributed by atoms with E-state index in [2.05, 4.69) is 20.2 Å². The Labute approximate surface area is 172 Å². The molecule has 8 heteroatoms. The Kier molecular flexibility index (Phi) is 6.12. The summed E-state index contributed by atoms with van der Waals surface area (Å²) >= 11 is 1.23. The van der Waals surface area contributed by atoms with Gasteiger partial charge in [0.2, 0.25) is 5.16 Å². The van der Waals surface area contributed by atoms with Gasteiger partial charge in [0.05, 0.1) is 10.9 Å². The summed E-state index contributed by atoms with van der Waals surface area (Å²) < 4.78 is 12.9. The van der Waals surface area contributed by atoms with E-state index in [9.17, 15) is 14.0 Å². The van der Waals surface area contributed by atoms with Crippen molar-refractivity contribution in [3.63, 3.8) is 0 Å². The van der Waals surface area contributed by atoms with Gasteiger partial charge in [-0.05, 0) is 57.0 Å². The molecule has 0 saturated carbocycles. The summed E-state index contributed by atoms with van der Waals surface area (Å²) in [5.74, 6) is 0.0581. The van der Waals surface area contributed by atoms with Gasteiger partial charge in [-0.15, -0.1) is 5.10 Å². The lowest BCUT2D eigenvalue weighted by molar-refractivity contribution is 0.0988. The number of rotatable bonds is 7. The third-order valence-corrected chi connectivity index (χ3v) is 5.43. The van der Waals surface area contributed by atoms with Crippen LogP contribution in [-0.4, -0.2) is 37.0 Å². The van der Waals surface area contributed by atoms with Gasteiger partial charge in [-0.1, -0.05) is 30.0 Å². The summed E-state index contributed by atoms with van der Waals surface area (Å²) in [6, 6.07) is 6.09. The van der Waals surface area contributed by atoms with Crippen LogP contribution in [0.2, 0.25) is 0 Å². The minimum atomic E-state index is -0.434. The molecule has 2 N–H and O–H groups in total. The average molecular weight is 412 g/mol. The molecule has 0 spiro atoms. The molecule has 0 aliphatic rings. The zero-order valence-electron chi connectivity index (χ0n) is 16.5. The van der Waals surface area contributed by atoms with Crippen molar-refractivity contribution in [2.24, 2.45) is 0 Å². The second kappa shape index (κ2) is 8.57. The average Bonchev–Trinajstić information content (AvgIpc) is 3.24. The lowest BCUT2D eigenvalue weighted by Crippen LogP contribution is -2.15. The smallest absolute Gasteiger partial charge is 0.209 e. The maximum atomic E-state index is 12.9.